The fraction of sp³-hybridized carbons (Fsp3) is 0.429. The Bertz CT molecular complexity index is 462. The van der Waals surface area contributed by atoms with Crippen LogP contribution in [0.15, 0.2) is 24.3 Å². The maximum Gasteiger partial charge on any atom is 0.319 e. The molecule has 0 fully saturated rings. The summed E-state index contributed by atoms with van der Waals surface area (Å²) in [7, 11) is 1.58. The number of methoxy groups -OCH3 is 1. The zero-order chi connectivity index (χ0) is 15.0. The first-order valence-corrected chi connectivity index (χ1v) is 6.43. The first-order chi connectivity index (χ1) is 9.56. The van der Waals surface area contributed by atoms with Gasteiger partial charge in [0.25, 0.3) is 0 Å². The molecular weight excluding hydrogens is 260 g/mol. The largest absolute Gasteiger partial charge is 0.481 e. The molecule has 0 saturated heterocycles. The van der Waals surface area contributed by atoms with Crippen LogP contribution in [0.4, 0.5) is 10.5 Å². The Morgan fingerprint density at radius 1 is 1.35 bits per heavy atom. The van der Waals surface area contributed by atoms with Gasteiger partial charge in [-0.15, -0.1) is 0 Å². The second-order valence-electron chi connectivity index (χ2n) is 4.39. The number of urea groups is 1. The van der Waals surface area contributed by atoms with Gasteiger partial charge >= 0.3 is 12.0 Å². The third-order valence-electron chi connectivity index (χ3n) is 2.81. The van der Waals surface area contributed by atoms with E-state index in [0.717, 1.165) is 5.56 Å². The summed E-state index contributed by atoms with van der Waals surface area (Å²) in [5.74, 6) is -0.933. The number of hydrogen-bond acceptors (Lipinski definition) is 3. The standard InChI is InChI=1S/C14H20N2O4/c1-3-11(8-13(17)18)15-14(19)16-12-7-5-4-6-10(12)9-20-2/h4-7,11H,3,8-9H2,1-2H3,(H,17,18)(H2,15,16,19). The van der Waals surface area contributed by atoms with E-state index in [1.54, 1.807) is 13.2 Å². The fourth-order valence-corrected chi connectivity index (χ4v) is 1.78. The monoisotopic (exact) mass is 280 g/mol. The number of nitrogens with one attached hydrogen (secondary N) is 2. The number of carbonyl (C=O) groups is 2. The maximum atomic E-state index is 11.9. The van der Waals surface area contributed by atoms with Gasteiger partial charge in [0.05, 0.1) is 13.0 Å². The average Bonchev–Trinajstić information content (AvgIpc) is 2.40. The summed E-state index contributed by atoms with van der Waals surface area (Å²) in [6.07, 6.45) is 0.461. The van der Waals surface area contributed by atoms with E-state index in [4.69, 9.17) is 9.84 Å². The van der Waals surface area contributed by atoms with Crippen molar-refractivity contribution in [3.05, 3.63) is 29.8 Å². The molecular formula is C14H20N2O4. The van der Waals surface area contributed by atoms with Crippen molar-refractivity contribution in [1.29, 1.82) is 0 Å². The van der Waals surface area contributed by atoms with Crippen LogP contribution in [0.2, 0.25) is 0 Å². The van der Waals surface area contributed by atoms with Crippen LogP contribution in [-0.2, 0) is 16.1 Å². The molecule has 0 saturated carbocycles. The number of para-hydroxylation sites is 1. The molecule has 2 amide bonds. The molecule has 1 aromatic carbocycles. The van der Waals surface area contributed by atoms with Gasteiger partial charge in [-0.05, 0) is 12.5 Å². The molecule has 0 aliphatic rings. The minimum atomic E-state index is -0.933. The molecule has 1 rings (SSSR count). The predicted octanol–water partition coefficient (Wildman–Crippen LogP) is 2.21. The van der Waals surface area contributed by atoms with E-state index in [1.807, 2.05) is 25.1 Å². The lowest BCUT2D eigenvalue weighted by Crippen LogP contribution is -2.39. The maximum absolute atomic E-state index is 11.9. The molecule has 3 N–H and O–H groups in total. The molecule has 6 nitrogen and oxygen atoms in total. The summed E-state index contributed by atoms with van der Waals surface area (Å²) < 4.78 is 5.06. The van der Waals surface area contributed by atoms with E-state index >= 15 is 0 Å². The van der Waals surface area contributed by atoms with Gasteiger partial charge in [-0.2, -0.15) is 0 Å². The predicted molar refractivity (Wildman–Crippen MR) is 75.6 cm³/mol. The van der Waals surface area contributed by atoms with Gasteiger partial charge in [0, 0.05) is 24.4 Å². The van der Waals surface area contributed by atoms with Gasteiger partial charge in [0.15, 0.2) is 0 Å². The number of carbonyl (C=O) groups excluding carboxylic acids is 1. The summed E-state index contributed by atoms with van der Waals surface area (Å²) in [5.41, 5.74) is 1.51. The van der Waals surface area contributed by atoms with Gasteiger partial charge in [-0.1, -0.05) is 25.1 Å². The van der Waals surface area contributed by atoms with Crippen LogP contribution < -0.4 is 10.6 Å². The third kappa shape index (κ3) is 5.27. The van der Waals surface area contributed by atoms with Crippen LogP contribution in [0.25, 0.3) is 0 Å². The normalized spacial score (nSPS) is 11.7. The van der Waals surface area contributed by atoms with E-state index in [0.29, 0.717) is 18.7 Å². The van der Waals surface area contributed by atoms with Crippen molar-refractivity contribution in [3.63, 3.8) is 0 Å². The van der Waals surface area contributed by atoms with Gasteiger partial charge < -0.3 is 20.5 Å². The lowest BCUT2D eigenvalue weighted by atomic mass is 10.1. The van der Waals surface area contributed by atoms with Crippen LogP contribution >= 0.6 is 0 Å². The highest BCUT2D eigenvalue weighted by Gasteiger charge is 2.14. The Kier molecular flexibility index (Phi) is 6.52. The van der Waals surface area contributed by atoms with Crippen molar-refractivity contribution in [3.8, 4) is 0 Å². The summed E-state index contributed by atoms with van der Waals surface area (Å²) in [6, 6.07) is 6.49. The molecule has 0 spiro atoms. The summed E-state index contributed by atoms with van der Waals surface area (Å²) >= 11 is 0. The van der Waals surface area contributed by atoms with Crippen molar-refractivity contribution < 1.29 is 19.4 Å². The third-order valence-corrected chi connectivity index (χ3v) is 2.81. The van der Waals surface area contributed by atoms with Crippen LogP contribution in [0.5, 0.6) is 0 Å². The van der Waals surface area contributed by atoms with Crippen LogP contribution in [-0.4, -0.2) is 30.3 Å². The SMILES string of the molecule is CCC(CC(=O)O)NC(=O)Nc1ccccc1COC. The number of benzene rings is 1. The quantitative estimate of drug-likeness (QED) is 0.714. The van der Waals surface area contributed by atoms with E-state index in [2.05, 4.69) is 10.6 Å². The molecule has 0 bridgehead atoms. The van der Waals surface area contributed by atoms with Crippen LogP contribution in [0.3, 0.4) is 0 Å². The lowest BCUT2D eigenvalue weighted by Gasteiger charge is -2.16. The van der Waals surface area contributed by atoms with Crippen LogP contribution in [0.1, 0.15) is 25.3 Å². The molecule has 0 heterocycles. The zero-order valence-corrected chi connectivity index (χ0v) is 11.7. The van der Waals surface area contributed by atoms with E-state index in [9.17, 15) is 9.59 Å². The number of rotatable bonds is 7. The molecule has 0 aromatic heterocycles. The molecule has 0 radical (unpaired) electrons. The second kappa shape index (κ2) is 8.16. The van der Waals surface area contributed by atoms with Gasteiger partial charge in [-0.25, -0.2) is 4.79 Å². The number of carboxylic acids is 1. The molecule has 6 heteroatoms. The van der Waals surface area contributed by atoms with Crippen molar-refractivity contribution in [1.82, 2.24) is 5.32 Å². The van der Waals surface area contributed by atoms with E-state index in [1.165, 1.54) is 0 Å². The topological polar surface area (TPSA) is 87.7 Å². The summed E-state index contributed by atoms with van der Waals surface area (Å²) in [4.78, 5) is 22.5. The number of carboxylic acid groups (broad SMARTS) is 1. The Morgan fingerprint density at radius 3 is 2.65 bits per heavy atom. The molecule has 1 aromatic rings. The Hall–Kier alpha value is -2.08. The van der Waals surface area contributed by atoms with Crippen molar-refractivity contribution in [2.45, 2.75) is 32.4 Å². The van der Waals surface area contributed by atoms with Crippen molar-refractivity contribution in [2.24, 2.45) is 0 Å². The van der Waals surface area contributed by atoms with E-state index < -0.39 is 12.0 Å². The molecule has 0 aliphatic heterocycles. The van der Waals surface area contributed by atoms with Gasteiger partial charge in [-0.3, -0.25) is 4.79 Å². The Morgan fingerprint density at radius 2 is 2.05 bits per heavy atom. The minimum absolute atomic E-state index is 0.0936. The number of ether oxygens (including phenoxy) is 1. The molecule has 0 aliphatic carbocycles. The number of aliphatic carboxylic acids is 1. The second-order valence-corrected chi connectivity index (χ2v) is 4.39. The molecule has 1 atom stereocenters. The lowest BCUT2D eigenvalue weighted by molar-refractivity contribution is -0.137. The first kappa shape index (κ1) is 16.0. The number of amides is 2. The highest BCUT2D eigenvalue weighted by molar-refractivity contribution is 5.90. The zero-order valence-electron chi connectivity index (χ0n) is 11.7. The number of hydrogen-bond donors (Lipinski definition) is 3. The number of anilines is 1. The van der Waals surface area contributed by atoms with Crippen molar-refractivity contribution in [2.75, 3.05) is 12.4 Å². The van der Waals surface area contributed by atoms with Crippen LogP contribution in [0, 0.1) is 0 Å². The smallest absolute Gasteiger partial charge is 0.319 e. The molecule has 20 heavy (non-hydrogen) atoms. The van der Waals surface area contributed by atoms with Crippen molar-refractivity contribution >= 4 is 17.7 Å². The van der Waals surface area contributed by atoms with E-state index in [-0.39, 0.29) is 12.5 Å². The summed E-state index contributed by atoms with van der Waals surface area (Å²) in [6.45, 7) is 2.22. The minimum Gasteiger partial charge on any atom is -0.481 e. The Labute approximate surface area is 118 Å². The average molecular weight is 280 g/mol. The Balaban J connectivity index is 2.63. The van der Waals surface area contributed by atoms with Gasteiger partial charge in [0.1, 0.15) is 0 Å². The molecule has 110 valence electrons. The highest BCUT2D eigenvalue weighted by Crippen LogP contribution is 2.15. The summed E-state index contributed by atoms with van der Waals surface area (Å²) in [5, 5.41) is 14.1. The highest BCUT2D eigenvalue weighted by atomic mass is 16.5. The first-order valence-electron chi connectivity index (χ1n) is 6.43. The van der Waals surface area contributed by atoms with Gasteiger partial charge in [0.2, 0.25) is 0 Å². The fourth-order valence-electron chi connectivity index (χ4n) is 1.78. The molecule has 1 unspecified atom stereocenters.